The molecule has 2 rings (SSSR count). The van der Waals surface area contributed by atoms with Crippen molar-refractivity contribution in [1.82, 2.24) is 0 Å². The average Bonchev–Trinajstić information content (AvgIpc) is 2.37. The predicted octanol–water partition coefficient (Wildman–Crippen LogP) is 3.54. The third-order valence-electron chi connectivity index (χ3n) is 3.56. The summed E-state index contributed by atoms with van der Waals surface area (Å²) in [5.41, 5.74) is 5.83. The zero-order chi connectivity index (χ0) is 15.6. The Hall–Kier alpha value is -0.880. The maximum Gasteiger partial charge on any atom is 0.418 e. The molecular formula is C15H21F3N2S. The fraction of sp³-hybridized carbons (Fsp3) is 0.600. The first-order chi connectivity index (χ1) is 9.81. The van der Waals surface area contributed by atoms with Crippen molar-refractivity contribution in [3.8, 4) is 0 Å². The summed E-state index contributed by atoms with van der Waals surface area (Å²) in [4.78, 5) is 1.86. The summed E-state index contributed by atoms with van der Waals surface area (Å²) < 4.78 is 40.1. The minimum absolute atomic E-state index is 0.294. The van der Waals surface area contributed by atoms with Crippen LogP contribution in [0.25, 0.3) is 0 Å². The number of nitrogens with zero attached hydrogens (tertiary/aromatic N) is 1. The molecule has 0 aromatic heterocycles. The van der Waals surface area contributed by atoms with Gasteiger partial charge in [0.1, 0.15) is 0 Å². The van der Waals surface area contributed by atoms with E-state index in [1.165, 1.54) is 6.07 Å². The van der Waals surface area contributed by atoms with Gasteiger partial charge in [-0.2, -0.15) is 24.9 Å². The highest BCUT2D eigenvalue weighted by Crippen LogP contribution is 2.39. The van der Waals surface area contributed by atoms with Crippen LogP contribution in [0.5, 0.6) is 0 Å². The highest BCUT2D eigenvalue weighted by Gasteiger charge is 2.36. The van der Waals surface area contributed by atoms with Gasteiger partial charge in [-0.3, -0.25) is 0 Å². The minimum Gasteiger partial charge on any atom is -0.369 e. The molecule has 0 amide bonds. The zero-order valence-electron chi connectivity index (χ0n) is 12.3. The molecule has 6 heteroatoms. The first kappa shape index (κ1) is 16.5. The molecule has 2 nitrogen and oxygen atoms in total. The minimum atomic E-state index is -4.34. The second kappa shape index (κ2) is 6.48. The third kappa shape index (κ3) is 4.07. The van der Waals surface area contributed by atoms with E-state index >= 15 is 0 Å². The van der Waals surface area contributed by atoms with E-state index in [1.54, 1.807) is 12.1 Å². The van der Waals surface area contributed by atoms with Crippen molar-refractivity contribution < 1.29 is 13.2 Å². The molecule has 1 fully saturated rings. The molecule has 2 N–H and O–H groups in total. The summed E-state index contributed by atoms with van der Waals surface area (Å²) in [5, 5.41) is 0.664. The van der Waals surface area contributed by atoms with E-state index in [4.69, 9.17) is 5.73 Å². The standard InChI is InChI=1S/C15H21F3N2S/c1-10-8-20(9-11(2)21-10)14-4-3-12(5-6-19)7-13(14)15(16,17)18/h3-4,7,10-11H,5-6,8-9,19H2,1-2H3. The second-order valence-electron chi connectivity index (χ2n) is 5.55. The number of anilines is 1. The van der Waals surface area contributed by atoms with Crippen molar-refractivity contribution in [2.24, 2.45) is 5.73 Å². The van der Waals surface area contributed by atoms with Crippen LogP contribution in [0.3, 0.4) is 0 Å². The fourth-order valence-electron chi connectivity index (χ4n) is 2.78. The lowest BCUT2D eigenvalue weighted by Crippen LogP contribution is -2.41. The number of halogens is 3. The maximum absolute atomic E-state index is 13.4. The van der Waals surface area contributed by atoms with Crippen LogP contribution in [0.1, 0.15) is 25.0 Å². The molecule has 1 saturated heterocycles. The lowest BCUT2D eigenvalue weighted by molar-refractivity contribution is -0.137. The van der Waals surface area contributed by atoms with Crippen LogP contribution < -0.4 is 10.6 Å². The van der Waals surface area contributed by atoms with E-state index in [9.17, 15) is 13.2 Å². The van der Waals surface area contributed by atoms with Crippen LogP contribution in [-0.4, -0.2) is 30.1 Å². The SMILES string of the molecule is CC1CN(c2ccc(CCN)cc2C(F)(F)F)CC(C)S1. The van der Waals surface area contributed by atoms with Gasteiger partial charge in [-0.25, -0.2) is 0 Å². The Morgan fingerprint density at radius 1 is 1.24 bits per heavy atom. The van der Waals surface area contributed by atoms with E-state index in [-0.39, 0.29) is 0 Å². The van der Waals surface area contributed by atoms with Crippen molar-refractivity contribution >= 4 is 17.4 Å². The lowest BCUT2D eigenvalue weighted by atomic mass is 10.0. The van der Waals surface area contributed by atoms with Gasteiger partial charge in [-0.15, -0.1) is 0 Å². The van der Waals surface area contributed by atoms with Gasteiger partial charge in [0.05, 0.1) is 5.56 Å². The molecule has 2 atom stereocenters. The second-order valence-corrected chi connectivity index (χ2v) is 7.43. The van der Waals surface area contributed by atoms with E-state index in [0.29, 0.717) is 47.8 Å². The number of hydrogen-bond acceptors (Lipinski definition) is 3. The maximum atomic E-state index is 13.4. The van der Waals surface area contributed by atoms with Gasteiger partial charge in [0.25, 0.3) is 0 Å². The van der Waals surface area contributed by atoms with E-state index in [0.717, 1.165) is 0 Å². The van der Waals surface area contributed by atoms with Crippen LogP contribution in [0, 0.1) is 0 Å². The smallest absolute Gasteiger partial charge is 0.369 e. The summed E-state index contributed by atoms with van der Waals surface area (Å²) in [6.45, 7) is 5.76. The third-order valence-corrected chi connectivity index (χ3v) is 4.79. The Balaban J connectivity index is 2.37. The average molecular weight is 318 g/mol. The first-order valence-electron chi connectivity index (χ1n) is 7.12. The summed E-state index contributed by atoms with van der Waals surface area (Å²) in [5.74, 6) is 0. The predicted molar refractivity (Wildman–Crippen MR) is 82.9 cm³/mol. The molecule has 0 radical (unpaired) electrons. The van der Waals surface area contributed by atoms with Crippen LogP contribution in [0.2, 0.25) is 0 Å². The molecule has 2 unspecified atom stereocenters. The van der Waals surface area contributed by atoms with Gasteiger partial charge >= 0.3 is 6.18 Å². The molecule has 1 heterocycles. The van der Waals surface area contributed by atoms with Gasteiger partial charge < -0.3 is 10.6 Å². The van der Waals surface area contributed by atoms with Gasteiger partial charge in [-0.1, -0.05) is 19.9 Å². The quantitative estimate of drug-likeness (QED) is 0.924. The van der Waals surface area contributed by atoms with Crippen molar-refractivity contribution in [1.29, 1.82) is 0 Å². The number of rotatable bonds is 3. The van der Waals surface area contributed by atoms with Crippen molar-refractivity contribution in [2.75, 3.05) is 24.5 Å². The van der Waals surface area contributed by atoms with Crippen molar-refractivity contribution in [2.45, 2.75) is 36.9 Å². The van der Waals surface area contributed by atoms with Gasteiger partial charge in [-0.05, 0) is 30.7 Å². The van der Waals surface area contributed by atoms with Crippen molar-refractivity contribution in [3.63, 3.8) is 0 Å². The van der Waals surface area contributed by atoms with Crippen LogP contribution in [0.15, 0.2) is 18.2 Å². The number of nitrogens with two attached hydrogens (primary N) is 1. The van der Waals surface area contributed by atoms with Gasteiger partial charge in [0.15, 0.2) is 0 Å². The highest BCUT2D eigenvalue weighted by atomic mass is 32.2. The molecule has 1 aromatic carbocycles. The summed E-state index contributed by atoms with van der Waals surface area (Å²) in [6.07, 6.45) is -3.87. The normalized spacial score (nSPS) is 23.4. The Morgan fingerprint density at radius 2 is 1.86 bits per heavy atom. The summed E-state index contributed by atoms with van der Waals surface area (Å²) in [6, 6.07) is 4.61. The molecule has 21 heavy (non-hydrogen) atoms. The molecule has 0 bridgehead atoms. The largest absolute Gasteiger partial charge is 0.418 e. The molecule has 0 spiro atoms. The molecule has 0 aliphatic carbocycles. The molecule has 118 valence electrons. The van der Waals surface area contributed by atoms with Crippen LogP contribution in [0.4, 0.5) is 18.9 Å². The molecule has 1 aliphatic rings. The van der Waals surface area contributed by atoms with Gasteiger partial charge in [0, 0.05) is 29.3 Å². The monoisotopic (exact) mass is 318 g/mol. The van der Waals surface area contributed by atoms with Gasteiger partial charge in [0.2, 0.25) is 0 Å². The fourth-order valence-corrected chi connectivity index (χ4v) is 4.11. The number of benzene rings is 1. The lowest BCUT2D eigenvalue weighted by Gasteiger charge is -2.37. The molecule has 1 aliphatic heterocycles. The Kier molecular flexibility index (Phi) is 5.09. The zero-order valence-corrected chi connectivity index (χ0v) is 13.1. The highest BCUT2D eigenvalue weighted by molar-refractivity contribution is 8.00. The van der Waals surface area contributed by atoms with Crippen LogP contribution in [-0.2, 0) is 12.6 Å². The topological polar surface area (TPSA) is 29.3 Å². The number of alkyl halides is 3. The van der Waals surface area contributed by atoms with E-state index in [2.05, 4.69) is 13.8 Å². The van der Waals surface area contributed by atoms with Crippen molar-refractivity contribution in [3.05, 3.63) is 29.3 Å². The summed E-state index contributed by atoms with van der Waals surface area (Å²) in [7, 11) is 0. The Morgan fingerprint density at radius 3 is 2.38 bits per heavy atom. The summed E-state index contributed by atoms with van der Waals surface area (Å²) >= 11 is 1.82. The van der Waals surface area contributed by atoms with Crippen LogP contribution >= 0.6 is 11.8 Å². The number of thioether (sulfide) groups is 1. The van der Waals surface area contributed by atoms with E-state index < -0.39 is 11.7 Å². The Labute approximate surface area is 127 Å². The van der Waals surface area contributed by atoms with E-state index in [1.807, 2.05) is 16.7 Å². The molecule has 1 aromatic rings. The molecular weight excluding hydrogens is 297 g/mol. The number of hydrogen-bond donors (Lipinski definition) is 1. The molecule has 0 saturated carbocycles. The first-order valence-corrected chi connectivity index (χ1v) is 8.06. The Bertz CT molecular complexity index is 480.